The molecule has 1 aliphatic heterocycles. The Labute approximate surface area is 163 Å². The normalized spacial score (nSPS) is 42.4. The molecule has 1 aliphatic carbocycles. The van der Waals surface area contributed by atoms with Crippen LogP contribution in [0.1, 0.15) is 40.5 Å². The van der Waals surface area contributed by atoms with Gasteiger partial charge in [-0.1, -0.05) is 13.8 Å². The summed E-state index contributed by atoms with van der Waals surface area (Å²) in [6.45, 7) is 5.69. The van der Waals surface area contributed by atoms with Crippen molar-refractivity contribution in [1.29, 1.82) is 0 Å². The lowest BCUT2D eigenvalue weighted by Gasteiger charge is -2.48. The fraction of sp³-hybridized carbons (Fsp3) is 0.789. The second-order valence-electron chi connectivity index (χ2n) is 8.50. The topological polar surface area (TPSA) is 154 Å². The maximum atomic E-state index is 11.9. The zero-order valence-corrected chi connectivity index (χ0v) is 16.5. The van der Waals surface area contributed by atoms with Gasteiger partial charge in [-0.3, -0.25) is 9.59 Å². The largest absolute Gasteiger partial charge is 0.394 e. The molecular formula is C19H30O9. The number of hydrogen-bond donors (Lipinski definition) is 5. The van der Waals surface area contributed by atoms with Gasteiger partial charge in [-0.25, -0.2) is 0 Å². The van der Waals surface area contributed by atoms with E-state index in [-0.39, 0.29) is 6.42 Å². The SMILES string of the molecule is CC(=O)C(=O)/C=C1/C(C)(C)C[C@H](O[C@@H]2O[C@H](CO)[C@@H](O)[C@H](O)[C@H]2O)C[C@]1(C)O. The van der Waals surface area contributed by atoms with Gasteiger partial charge in [0.2, 0.25) is 5.78 Å². The summed E-state index contributed by atoms with van der Waals surface area (Å²) in [5.74, 6) is -1.32. The standard InChI is InChI=1S/C19H30O9/c1-9(21)11(22)5-13-18(2,3)6-10(7-19(13,4)26)27-17-16(25)15(24)14(23)12(8-20)28-17/h5,10,12,14-17,20,23-26H,6-8H2,1-4H3/b13-5-/t10-,12+,14+,15-,16+,17+,19-/m0/s1. The summed E-state index contributed by atoms with van der Waals surface area (Å²) < 4.78 is 11.1. The van der Waals surface area contributed by atoms with Crippen molar-refractivity contribution in [1.82, 2.24) is 0 Å². The minimum absolute atomic E-state index is 0.0580. The summed E-state index contributed by atoms with van der Waals surface area (Å²) in [6, 6.07) is 0. The highest BCUT2D eigenvalue weighted by Gasteiger charge is 2.49. The minimum atomic E-state index is -1.56. The summed E-state index contributed by atoms with van der Waals surface area (Å²) in [4.78, 5) is 23.2. The lowest BCUT2D eigenvalue weighted by Crippen LogP contribution is -2.60. The van der Waals surface area contributed by atoms with Crippen molar-refractivity contribution >= 4 is 11.6 Å². The molecule has 9 heteroatoms. The maximum Gasteiger partial charge on any atom is 0.221 e. The molecule has 28 heavy (non-hydrogen) atoms. The van der Waals surface area contributed by atoms with Gasteiger partial charge < -0.3 is 35.0 Å². The van der Waals surface area contributed by atoms with Crippen molar-refractivity contribution in [3.8, 4) is 0 Å². The van der Waals surface area contributed by atoms with E-state index in [1.54, 1.807) is 13.8 Å². The van der Waals surface area contributed by atoms with Crippen molar-refractivity contribution in [3.63, 3.8) is 0 Å². The van der Waals surface area contributed by atoms with Crippen LogP contribution < -0.4 is 0 Å². The van der Waals surface area contributed by atoms with E-state index in [9.17, 15) is 35.1 Å². The third kappa shape index (κ3) is 4.68. The van der Waals surface area contributed by atoms with E-state index in [4.69, 9.17) is 9.47 Å². The molecular weight excluding hydrogens is 372 g/mol. The number of aliphatic hydroxyl groups is 5. The van der Waals surface area contributed by atoms with E-state index in [2.05, 4.69) is 0 Å². The number of allylic oxidation sites excluding steroid dienone is 1. The van der Waals surface area contributed by atoms with E-state index in [0.717, 1.165) is 6.92 Å². The highest BCUT2D eigenvalue weighted by Crippen LogP contribution is 2.47. The first-order valence-electron chi connectivity index (χ1n) is 9.26. The number of aliphatic hydroxyl groups excluding tert-OH is 4. The van der Waals surface area contributed by atoms with Gasteiger partial charge >= 0.3 is 0 Å². The minimum Gasteiger partial charge on any atom is -0.394 e. The lowest BCUT2D eigenvalue weighted by molar-refractivity contribution is -0.316. The van der Waals surface area contributed by atoms with Crippen LogP contribution in [0.25, 0.3) is 0 Å². The van der Waals surface area contributed by atoms with Crippen LogP contribution in [0.2, 0.25) is 0 Å². The molecule has 0 aromatic heterocycles. The zero-order valence-electron chi connectivity index (χ0n) is 16.5. The monoisotopic (exact) mass is 402 g/mol. The number of ether oxygens (including phenoxy) is 2. The Morgan fingerprint density at radius 3 is 2.25 bits per heavy atom. The predicted molar refractivity (Wildman–Crippen MR) is 96.1 cm³/mol. The number of carbonyl (C=O) groups is 2. The number of rotatable bonds is 5. The number of Topliss-reactive ketones (excluding diaryl/α,β-unsaturated/α-hetero) is 1. The highest BCUT2D eigenvalue weighted by atomic mass is 16.7. The molecule has 0 unspecified atom stereocenters. The molecule has 1 heterocycles. The number of ketones is 2. The second kappa shape index (κ2) is 8.27. The van der Waals surface area contributed by atoms with Crippen molar-refractivity contribution in [2.45, 2.75) is 82.9 Å². The van der Waals surface area contributed by atoms with Crippen LogP contribution in [0.5, 0.6) is 0 Å². The molecule has 0 amide bonds. The highest BCUT2D eigenvalue weighted by molar-refractivity contribution is 6.40. The molecule has 7 atom stereocenters. The fourth-order valence-corrected chi connectivity index (χ4v) is 4.08. The Bertz CT molecular complexity index is 617. The number of hydrogen-bond acceptors (Lipinski definition) is 9. The summed E-state index contributed by atoms with van der Waals surface area (Å²) in [5.41, 5.74) is -1.74. The Kier molecular flexibility index (Phi) is 6.82. The Hall–Kier alpha value is -1.20. The van der Waals surface area contributed by atoms with Crippen LogP contribution in [0, 0.1) is 5.41 Å². The average molecular weight is 402 g/mol. The molecule has 2 fully saturated rings. The van der Waals surface area contributed by atoms with E-state index in [0.29, 0.717) is 12.0 Å². The molecule has 0 spiro atoms. The molecule has 0 radical (unpaired) electrons. The summed E-state index contributed by atoms with van der Waals surface area (Å²) in [6.07, 6.45) is -6.03. The molecule has 2 aliphatic rings. The third-order valence-corrected chi connectivity index (χ3v) is 5.47. The quantitative estimate of drug-likeness (QED) is 0.283. The molecule has 0 bridgehead atoms. The molecule has 160 valence electrons. The molecule has 9 nitrogen and oxygen atoms in total. The predicted octanol–water partition coefficient (Wildman–Crippen LogP) is -1.17. The lowest BCUT2D eigenvalue weighted by atomic mass is 9.64. The summed E-state index contributed by atoms with van der Waals surface area (Å²) in [5, 5.41) is 50.1. The van der Waals surface area contributed by atoms with Crippen molar-refractivity contribution in [2.24, 2.45) is 5.41 Å². The van der Waals surface area contributed by atoms with E-state index in [1.807, 2.05) is 0 Å². The van der Waals surface area contributed by atoms with E-state index in [1.165, 1.54) is 13.0 Å². The van der Waals surface area contributed by atoms with Crippen LogP contribution in [-0.2, 0) is 19.1 Å². The van der Waals surface area contributed by atoms with Crippen LogP contribution in [-0.4, -0.2) is 86.1 Å². The first-order valence-corrected chi connectivity index (χ1v) is 9.26. The van der Waals surface area contributed by atoms with Gasteiger partial charge in [-0.2, -0.15) is 0 Å². The van der Waals surface area contributed by atoms with Gasteiger partial charge in [-0.15, -0.1) is 0 Å². The van der Waals surface area contributed by atoms with Gasteiger partial charge in [-0.05, 0) is 30.4 Å². The molecule has 1 saturated carbocycles. The van der Waals surface area contributed by atoms with Crippen molar-refractivity contribution in [3.05, 3.63) is 11.6 Å². The summed E-state index contributed by atoms with van der Waals surface area (Å²) >= 11 is 0. The Balaban J connectivity index is 2.20. The molecule has 0 aromatic carbocycles. The van der Waals surface area contributed by atoms with E-state index >= 15 is 0 Å². The Morgan fingerprint density at radius 2 is 1.75 bits per heavy atom. The maximum absolute atomic E-state index is 11.9. The Morgan fingerprint density at radius 1 is 1.14 bits per heavy atom. The van der Waals surface area contributed by atoms with Gasteiger partial charge in [0.1, 0.15) is 24.4 Å². The van der Waals surface area contributed by atoms with Crippen LogP contribution in [0.4, 0.5) is 0 Å². The second-order valence-corrected chi connectivity index (χ2v) is 8.50. The van der Waals surface area contributed by atoms with E-state index < -0.39 is 66.0 Å². The van der Waals surface area contributed by atoms with Crippen molar-refractivity contribution < 1.29 is 44.6 Å². The van der Waals surface area contributed by atoms with Gasteiger partial charge in [0.05, 0.1) is 18.3 Å². The molecule has 1 saturated heterocycles. The van der Waals surface area contributed by atoms with Crippen LogP contribution in [0.3, 0.4) is 0 Å². The van der Waals surface area contributed by atoms with Gasteiger partial charge in [0, 0.05) is 13.3 Å². The van der Waals surface area contributed by atoms with Crippen molar-refractivity contribution in [2.75, 3.05) is 6.61 Å². The fourth-order valence-electron chi connectivity index (χ4n) is 4.08. The van der Waals surface area contributed by atoms with Crippen LogP contribution in [0.15, 0.2) is 11.6 Å². The average Bonchev–Trinajstić information content (AvgIpc) is 2.57. The number of carbonyl (C=O) groups excluding carboxylic acids is 2. The molecule has 5 N–H and O–H groups in total. The molecule has 0 aromatic rings. The van der Waals surface area contributed by atoms with Crippen LogP contribution >= 0.6 is 0 Å². The molecule has 2 rings (SSSR count). The first kappa shape index (κ1) is 23.1. The zero-order chi connectivity index (χ0) is 21.4. The summed E-state index contributed by atoms with van der Waals surface area (Å²) in [7, 11) is 0. The smallest absolute Gasteiger partial charge is 0.221 e. The first-order chi connectivity index (χ1) is 12.8. The van der Waals surface area contributed by atoms with Gasteiger partial charge in [0.25, 0.3) is 0 Å². The third-order valence-electron chi connectivity index (χ3n) is 5.47. The van der Waals surface area contributed by atoms with Gasteiger partial charge in [0.15, 0.2) is 12.1 Å².